The van der Waals surface area contributed by atoms with Gasteiger partial charge in [-0.1, -0.05) is 6.92 Å². The highest BCUT2D eigenvalue weighted by Gasteiger charge is 2.05. The largest absolute Gasteiger partial charge is 0.355 e. The van der Waals surface area contributed by atoms with E-state index >= 15 is 0 Å². The fourth-order valence-corrected chi connectivity index (χ4v) is 1.36. The molecule has 0 amide bonds. The van der Waals surface area contributed by atoms with E-state index in [1.54, 1.807) is 6.20 Å². The highest BCUT2D eigenvalue weighted by atomic mass is 15.2. The summed E-state index contributed by atoms with van der Waals surface area (Å²) in [5.74, 6) is 0.947. The summed E-state index contributed by atoms with van der Waals surface area (Å²) in [5.41, 5.74) is 5.49. The molecule has 2 N–H and O–H groups in total. The molecule has 1 aromatic rings. The summed E-state index contributed by atoms with van der Waals surface area (Å²) in [7, 11) is 0. The topological polar surface area (TPSA) is 55.0 Å². The monoisotopic (exact) mass is 194 g/mol. The first-order valence-electron chi connectivity index (χ1n) is 5.11. The lowest BCUT2D eigenvalue weighted by Crippen LogP contribution is -2.27. The van der Waals surface area contributed by atoms with Crippen molar-refractivity contribution >= 4 is 5.82 Å². The summed E-state index contributed by atoms with van der Waals surface area (Å²) in [4.78, 5) is 2.22. The van der Waals surface area contributed by atoms with Gasteiger partial charge in [0.2, 0.25) is 0 Å². The lowest BCUT2D eigenvalue weighted by atomic mass is 10.3. The van der Waals surface area contributed by atoms with Crippen LogP contribution in [0.2, 0.25) is 0 Å². The number of nitrogens with two attached hydrogens (primary N) is 1. The molecule has 0 radical (unpaired) electrons. The molecule has 0 saturated carbocycles. The minimum atomic E-state index is 0.723. The Bertz CT molecular complexity index is 237. The predicted molar refractivity (Wildman–Crippen MR) is 58.2 cm³/mol. The first-order valence-corrected chi connectivity index (χ1v) is 5.11. The number of hydrogen-bond acceptors (Lipinski definition) is 4. The van der Waals surface area contributed by atoms with Crippen LogP contribution in [0.3, 0.4) is 0 Å². The minimum absolute atomic E-state index is 0.723. The number of nitrogens with zero attached hydrogens (tertiary/aromatic N) is 3. The van der Waals surface area contributed by atoms with Crippen LogP contribution >= 0.6 is 0 Å². The molecule has 0 aliphatic carbocycles. The van der Waals surface area contributed by atoms with Crippen molar-refractivity contribution in [3.05, 3.63) is 18.3 Å². The summed E-state index contributed by atoms with van der Waals surface area (Å²) in [6.45, 7) is 4.86. The Morgan fingerprint density at radius 2 is 2.29 bits per heavy atom. The number of rotatable bonds is 6. The zero-order valence-corrected chi connectivity index (χ0v) is 8.69. The van der Waals surface area contributed by atoms with Crippen molar-refractivity contribution in [2.75, 3.05) is 24.5 Å². The number of aromatic nitrogens is 2. The van der Waals surface area contributed by atoms with Crippen LogP contribution in [0.4, 0.5) is 5.82 Å². The smallest absolute Gasteiger partial charge is 0.151 e. The lowest BCUT2D eigenvalue weighted by molar-refractivity contribution is 0.705. The fourth-order valence-electron chi connectivity index (χ4n) is 1.36. The van der Waals surface area contributed by atoms with Gasteiger partial charge in [-0.25, -0.2) is 0 Å². The molecule has 0 spiro atoms. The zero-order valence-electron chi connectivity index (χ0n) is 8.69. The average Bonchev–Trinajstić information content (AvgIpc) is 2.25. The summed E-state index contributed by atoms with van der Waals surface area (Å²) >= 11 is 0. The molecular weight excluding hydrogens is 176 g/mol. The Labute approximate surface area is 85.1 Å². The van der Waals surface area contributed by atoms with E-state index in [0.717, 1.165) is 38.3 Å². The predicted octanol–water partition coefficient (Wildman–Crippen LogP) is 1.04. The molecule has 0 aliphatic rings. The fraction of sp³-hybridized carbons (Fsp3) is 0.600. The first kappa shape index (κ1) is 10.9. The average molecular weight is 194 g/mol. The second-order valence-corrected chi connectivity index (χ2v) is 3.21. The molecule has 0 saturated heterocycles. The van der Waals surface area contributed by atoms with Crippen LogP contribution in [0, 0.1) is 0 Å². The molecule has 0 bridgehead atoms. The van der Waals surface area contributed by atoms with Crippen molar-refractivity contribution in [2.45, 2.75) is 19.8 Å². The summed E-state index contributed by atoms with van der Waals surface area (Å²) in [6, 6.07) is 3.90. The minimum Gasteiger partial charge on any atom is -0.355 e. The van der Waals surface area contributed by atoms with Crippen molar-refractivity contribution in [2.24, 2.45) is 5.73 Å². The molecular formula is C10H18N4. The van der Waals surface area contributed by atoms with Crippen molar-refractivity contribution in [1.82, 2.24) is 10.2 Å². The van der Waals surface area contributed by atoms with E-state index in [1.807, 2.05) is 12.1 Å². The Hall–Kier alpha value is -1.16. The number of anilines is 1. The normalized spacial score (nSPS) is 10.1. The molecule has 1 rings (SSSR count). The Morgan fingerprint density at radius 3 is 2.86 bits per heavy atom. The second kappa shape index (κ2) is 6.32. The molecule has 0 atom stereocenters. The molecule has 0 aliphatic heterocycles. The highest BCUT2D eigenvalue weighted by Crippen LogP contribution is 2.08. The SMILES string of the molecule is CCCN(CCCN)c1cccnn1. The molecule has 14 heavy (non-hydrogen) atoms. The van der Waals surface area contributed by atoms with Crippen LogP contribution in [0.15, 0.2) is 18.3 Å². The molecule has 0 aromatic carbocycles. The van der Waals surface area contributed by atoms with Gasteiger partial charge in [0.05, 0.1) is 0 Å². The van der Waals surface area contributed by atoms with Crippen LogP contribution in [-0.4, -0.2) is 29.8 Å². The van der Waals surface area contributed by atoms with Gasteiger partial charge >= 0.3 is 0 Å². The van der Waals surface area contributed by atoms with Gasteiger partial charge < -0.3 is 10.6 Å². The maximum absolute atomic E-state index is 5.49. The van der Waals surface area contributed by atoms with Gasteiger partial charge in [-0.15, -0.1) is 5.10 Å². The van der Waals surface area contributed by atoms with E-state index < -0.39 is 0 Å². The van der Waals surface area contributed by atoms with Crippen LogP contribution in [0.5, 0.6) is 0 Å². The van der Waals surface area contributed by atoms with Crippen LogP contribution in [0.25, 0.3) is 0 Å². The molecule has 4 nitrogen and oxygen atoms in total. The highest BCUT2D eigenvalue weighted by molar-refractivity contribution is 5.35. The third kappa shape index (κ3) is 3.30. The van der Waals surface area contributed by atoms with E-state index in [0.29, 0.717) is 0 Å². The number of hydrogen-bond donors (Lipinski definition) is 1. The Morgan fingerprint density at radius 1 is 1.43 bits per heavy atom. The maximum atomic E-state index is 5.49. The van der Waals surface area contributed by atoms with Gasteiger partial charge in [-0.05, 0) is 31.5 Å². The van der Waals surface area contributed by atoms with Crippen molar-refractivity contribution in [1.29, 1.82) is 0 Å². The standard InChI is InChI=1S/C10H18N4/c1-2-8-14(9-4-6-11)10-5-3-7-12-13-10/h3,5,7H,2,4,6,8-9,11H2,1H3. The second-order valence-electron chi connectivity index (χ2n) is 3.21. The van der Waals surface area contributed by atoms with Crippen LogP contribution in [-0.2, 0) is 0 Å². The van der Waals surface area contributed by atoms with Gasteiger partial charge in [0.25, 0.3) is 0 Å². The summed E-state index contributed by atoms with van der Waals surface area (Å²) < 4.78 is 0. The summed E-state index contributed by atoms with van der Waals surface area (Å²) in [6.07, 6.45) is 3.80. The van der Waals surface area contributed by atoms with E-state index in [9.17, 15) is 0 Å². The van der Waals surface area contributed by atoms with Crippen LogP contribution in [0.1, 0.15) is 19.8 Å². The molecule has 0 fully saturated rings. The van der Waals surface area contributed by atoms with Crippen molar-refractivity contribution in [3.8, 4) is 0 Å². The van der Waals surface area contributed by atoms with E-state index in [-0.39, 0.29) is 0 Å². The summed E-state index contributed by atoms with van der Waals surface area (Å²) in [5, 5.41) is 7.96. The van der Waals surface area contributed by atoms with Gasteiger partial charge in [-0.3, -0.25) is 0 Å². The van der Waals surface area contributed by atoms with Crippen LogP contribution < -0.4 is 10.6 Å². The van der Waals surface area contributed by atoms with Crippen molar-refractivity contribution < 1.29 is 0 Å². The molecule has 78 valence electrons. The van der Waals surface area contributed by atoms with Gasteiger partial charge in [0.15, 0.2) is 5.82 Å². The third-order valence-corrected chi connectivity index (χ3v) is 2.01. The zero-order chi connectivity index (χ0) is 10.2. The molecule has 1 aromatic heterocycles. The Balaban J connectivity index is 2.58. The lowest BCUT2D eigenvalue weighted by Gasteiger charge is -2.21. The van der Waals surface area contributed by atoms with Gasteiger partial charge in [0.1, 0.15) is 0 Å². The molecule has 0 unspecified atom stereocenters. The quantitative estimate of drug-likeness (QED) is 0.735. The van der Waals surface area contributed by atoms with E-state index in [4.69, 9.17) is 5.73 Å². The first-order chi connectivity index (χ1) is 6.88. The maximum Gasteiger partial charge on any atom is 0.151 e. The van der Waals surface area contributed by atoms with E-state index in [1.165, 1.54) is 0 Å². The molecule has 1 heterocycles. The van der Waals surface area contributed by atoms with Crippen molar-refractivity contribution in [3.63, 3.8) is 0 Å². The van der Waals surface area contributed by atoms with Gasteiger partial charge in [-0.2, -0.15) is 5.10 Å². The van der Waals surface area contributed by atoms with Gasteiger partial charge in [0, 0.05) is 19.3 Å². The van der Waals surface area contributed by atoms with E-state index in [2.05, 4.69) is 22.0 Å². The molecule has 4 heteroatoms. The third-order valence-electron chi connectivity index (χ3n) is 2.01. The Kier molecular flexibility index (Phi) is 4.93.